The molecule has 1 N–H and O–H groups in total. The number of nitrogens with one attached hydrogen (secondary N) is 1. The first-order chi connectivity index (χ1) is 11.2. The Balaban J connectivity index is 1.83. The van der Waals surface area contributed by atoms with Crippen molar-refractivity contribution in [2.45, 2.75) is 19.3 Å². The molecule has 0 unspecified atom stereocenters. The number of ether oxygens (including phenoxy) is 2. The fraction of sp³-hybridized carbons (Fsp3) is 0.316. The van der Waals surface area contributed by atoms with Crippen LogP contribution in [-0.2, 0) is 4.79 Å². The van der Waals surface area contributed by atoms with Crippen LogP contribution in [0.2, 0.25) is 0 Å². The molecule has 122 valence electrons. The molecule has 0 bridgehead atoms. The smallest absolute Gasteiger partial charge is 0.244 e. The molecule has 0 radical (unpaired) electrons. The van der Waals surface area contributed by atoms with Gasteiger partial charge in [0.1, 0.15) is 0 Å². The Kier molecular flexibility index (Phi) is 6.48. The van der Waals surface area contributed by atoms with Crippen molar-refractivity contribution in [3.63, 3.8) is 0 Å². The van der Waals surface area contributed by atoms with Crippen LogP contribution in [0.4, 0.5) is 0 Å². The van der Waals surface area contributed by atoms with E-state index >= 15 is 0 Å². The molecule has 1 aliphatic rings. The average molecular weight is 313 g/mol. The molecular formula is C19H23NO3. The summed E-state index contributed by atoms with van der Waals surface area (Å²) in [6, 6.07) is 5.53. The number of carbonyl (C=O) groups is 1. The minimum absolute atomic E-state index is 0.0971. The Morgan fingerprint density at radius 1 is 1.22 bits per heavy atom. The summed E-state index contributed by atoms with van der Waals surface area (Å²) >= 11 is 0. The van der Waals surface area contributed by atoms with Gasteiger partial charge in [0, 0.05) is 12.6 Å². The highest BCUT2D eigenvalue weighted by Crippen LogP contribution is 2.27. The minimum Gasteiger partial charge on any atom is -0.493 e. The van der Waals surface area contributed by atoms with Crippen molar-refractivity contribution >= 4 is 12.0 Å². The molecule has 4 heteroatoms. The van der Waals surface area contributed by atoms with E-state index in [4.69, 9.17) is 9.47 Å². The maximum Gasteiger partial charge on any atom is 0.244 e. The third kappa shape index (κ3) is 5.33. The SMILES string of the molecule is COc1ccc(/C=C/C(=O)NCCC2=CCCC=C2)cc1OC. The van der Waals surface area contributed by atoms with Crippen LogP contribution in [0.25, 0.3) is 6.08 Å². The van der Waals surface area contributed by atoms with Crippen molar-refractivity contribution in [2.75, 3.05) is 20.8 Å². The van der Waals surface area contributed by atoms with Crippen molar-refractivity contribution in [3.05, 3.63) is 53.6 Å². The number of hydrogen-bond donors (Lipinski definition) is 1. The third-order valence-corrected chi connectivity index (χ3v) is 3.62. The monoisotopic (exact) mass is 313 g/mol. The van der Waals surface area contributed by atoms with Gasteiger partial charge in [-0.1, -0.05) is 29.9 Å². The number of amides is 1. The van der Waals surface area contributed by atoms with Crippen molar-refractivity contribution in [1.82, 2.24) is 5.32 Å². The molecule has 1 aliphatic carbocycles. The van der Waals surface area contributed by atoms with Gasteiger partial charge in [0.05, 0.1) is 14.2 Å². The molecule has 0 saturated heterocycles. The van der Waals surface area contributed by atoms with Gasteiger partial charge in [0.2, 0.25) is 5.91 Å². The lowest BCUT2D eigenvalue weighted by Gasteiger charge is -2.08. The molecule has 0 fully saturated rings. The molecule has 0 heterocycles. The zero-order valence-electron chi connectivity index (χ0n) is 13.7. The minimum atomic E-state index is -0.0971. The molecule has 0 aliphatic heterocycles. The van der Waals surface area contributed by atoms with E-state index in [2.05, 4.69) is 23.5 Å². The molecule has 4 nitrogen and oxygen atoms in total. The molecule has 2 rings (SSSR count). The van der Waals surface area contributed by atoms with Crippen molar-refractivity contribution in [1.29, 1.82) is 0 Å². The first kappa shape index (κ1) is 16.9. The summed E-state index contributed by atoms with van der Waals surface area (Å²) in [4.78, 5) is 11.8. The summed E-state index contributed by atoms with van der Waals surface area (Å²) in [5, 5.41) is 2.89. The summed E-state index contributed by atoms with van der Waals surface area (Å²) in [6.45, 7) is 0.644. The van der Waals surface area contributed by atoms with Gasteiger partial charge in [-0.15, -0.1) is 0 Å². The van der Waals surface area contributed by atoms with Crippen LogP contribution in [0.1, 0.15) is 24.8 Å². The lowest BCUT2D eigenvalue weighted by atomic mass is 10.0. The predicted octanol–water partition coefficient (Wildman–Crippen LogP) is 3.50. The van der Waals surface area contributed by atoms with E-state index in [1.165, 1.54) is 11.6 Å². The number of allylic oxidation sites excluding steroid dienone is 3. The number of carbonyl (C=O) groups excluding carboxylic acids is 1. The highest BCUT2D eigenvalue weighted by Gasteiger charge is 2.03. The van der Waals surface area contributed by atoms with Gasteiger partial charge in [0.15, 0.2) is 11.5 Å². The fourth-order valence-electron chi connectivity index (χ4n) is 2.37. The number of benzene rings is 1. The van der Waals surface area contributed by atoms with E-state index in [-0.39, 0.29) is 5.91 Å². The highest BCUT2D eigenvalue weighted by molar-refractivity contribution is 5.91. The predicted molar refractivity (Wildman–Crippen MR) is 92.7 cm³/mol. The second-order valence-corrected chi connectivity index (χ2v) is 5.25. The van der Waals surface area contributed by atoms with Crippen LogP contribution in [0.5, 0.6) is 11.5 Å². The van der Waals surface area contributed by atoms with E-state index in [0.717, 1.165) is 24.8 Å². The zero-order chi connectivity index (χ0) is 16.5. The first-order valence-electron chi connectivity index (χ1n) is 7.76. The van der Waals surface area contributed by atoms with Gasteiger partial charge in [-0.3, -0.25) is 4.79 Å². The van der Waals surface area contributed by atoms with Crippen LogP contribution in [0, 0.1) is 0 Å². The summed E-state index contributed by atoms with van der Waals surface area (Å²) in [5.41, 5.74) is 2.18. The summed E-state index contributed by atoms with van der Waals surface area (Å²) in [7, 11) is 3.18. The Morgan fingerprint density at radius 2 is 2.04 bits per heavy atom. The van der Waals surface area contributed by atoms with Crippen molar-refractivity contribution in [2.24, 2.45) is 0 Å². The number of rotatable bonds is 7. The van der Waals surface area contributed by atoms with Crippen molar-refractivity contribution in [3.8, 4) is 11.5 Å². The van der Waals surface area contributed by atoms with E-state index < -0.39 is 0 Å². The fourth-order valence-corrected chi connectivity index (χ4v) is 2.37. The van der Waals surface area contributed by atoms with Gasteiger partial charge in [-0.25, -0.2) is 0 Å². The average Bonchev–Trinajstić information content (AvgIpc) is 2.60. The maximum absolute atomic E-state index is 11.8. The summed E-state index contributed by atoms with van der Waals surface area (Å²) in [6.07, 6.45) is 12.9. The van der Waals surface area contributed by atoms with Gasteiger partial charge >= 0.3 is 0 Å². The molecule has 1 aromatic rings. The molecule has 0 saturated carbocycles. The lowest BCUT2D eigenvalue weighted by Crippen LogP contribution is -2.22. The molecule has 0 aromatic heterocycles. The Bertz CT molecular complexity index is 630. The van der Waals surface area contributed by atoms with E-state index in [1.807, 2.05) is 18.2 Å². The van der Waals surface area contributed by atoms with E-state index in [0.29, 0.717) is 18.0 Å². The third-order valence-electron chi connectivity index (χ3n) is 3.62. The van der Waals surface area contributed by atoms with Crippen LogP contribution >= 0.6 is 0 Å². The zero-order valence-corrected chi connectivity index (χ0v) is 13.7. The standard InChI is InChI=1S/C19H23NO3/c1-22-17-10-8-16(14-18(17)23-2)9-11-19(21)20-13-12-15-6-4-3-5-7-15/h4,6-11,14H,3,5,12-13H2,1-2H3,(H,20,21)/b11-9+. The Hall–Kier alpha value is -2.49. The molecule has 23 heavy (non-hydrogen) atoms. The molecule has 1 aromatic carbocycles. The van der Waals surface area contributed by atoms with Gasteiger partial charge in [-0.05, 0) is 43.0 Å². The van der Waals surface area contributed by atoms with Crippen LogP contribution in [0.15, 0.2) is 48.1 Å². The molecule has 1 amide bonds. The molecule has 0 spiro atoms. The normalized spacial score (nSPS) is 13.7. The second-order valence-electron chi connectivity index (χ2n) is 5.25. The number of methoxy groups -OCH3 is 2. The van der Waals surface area contributed by atoms with E-state index in [9.17, 15) is 4.79 Å². The maximum atomic E-state index is 11.8. The summed E-state index contributed by atoms with van der Waals surface area (Å²) in [5.74, 6) is 1.22. The number of hydrogen-bond acceptors (Lipinski definition) is 3. The molecule has 0 atom stereocenters. The largest absolute Gasteiger partial charge is 0.493 e. The van der Waals surface area contributed by atoms with Crippen LogP contribution in [-0.4, -0.2) is 26.7 Å². The Morgan fingerprint density at radius 3 is 2.74 bits per heavy atom. The topological polar surface area (TPSA) is 47.6 Å². The van der Waals surface area contributed by atoms with Gasteiger partial charge < -0.3 is 14.8 Å². The van der Waals surface area contributed by atoms with E-state index in [1.54, 1.807) is 20.3 Å². The summed E-state index contributed by atoms with van der Waals surface area (Å²) < 4.78 is 10.4. The molecular weight excluding hydrogens is 290 g/mol. The van der Waals surface area contributed by atoms with Crippen molar-refractivity contribution < 1.29 is 14.3 Å². The van der Waals surface area contributed by atoms with Crippen LogP contribution in [0.3, 0.4) is 0 Å². The second kappa shape index (κ2) is 8.83. The van der Waals surface area contributed by atoms with Gasteiger partial charge in [-0.2, -0.15) is 0 Å². The first-order valence-corrected chi connectivity index (χ1v) is 7.76. The quantitative estimate of drug-likeness (QED) is 0.784. The Labute approximate surface area is 137 Å². The van der Waals surface area contributed by atoms with Crippen LogP contribution < -0.4 is 14.8 Å². The lowest BCUT2D eigenvalue weighted by molar-refractivity contribution is -0.116. The van der Waals surface area contributed by atoms with Gasteiger partial charge in [0.25, 0.3) is 0 Å². The highest BCUT2D eigenvalue weighted by atomic mass is 16.5.